The van der Waals surface area contributed by atoms with E-state index in [1.807, 2.05) is 30.3 Å². The Bertz CT molecular complexity index is 844. The summed E-state index contributed by atoms with van der Waals surface area (Å²) < 4.78 is 25.1. The van der Waals surface area contributed by atoms with Crippen LogP contribution in [0.3, 0.4) is 0 Å². The highest BCUT2D eigenvalue weighted by atomic mass is 32.2. The van der Waals surface area contributed by atoms with Gasteiger partial charge in [0.05, 0.1) is 4.90 Å². The fourth-order valence-corrected chi connectivity index (χ4v) is 3.60. The molecule has 0 saturated heterocycles. The quantitative estimate of drug-likeness (QED) is 0.749. The van der Waals surface area contributed by atoms with Crippen LogP contribution in [0, 0.1) is 11.3 Å². The van der Waals surface area contributed by atoms with Crippen molar-refractivity contribution in [1.29, 1.82) is 5.26 Å². The molecule has 0 radical (unpaired) electrons. The number of allylic oxidation sites excluding steroid dienone is 1. The number of hydrogen-bond acceptors (Lipinski definition) is 4. The van der Waals surface area contributed by atoms with Gasteiger partial charge in [0.15, 0.2) is 0 Å². The molecule has 0 spiro atoms. The average Bonchev–Trinajstić information content (AvgIpc) is 2.62. The van der Waals surface area contributed by atoms with Crippen molar-refractivity contribution in [2.75, 3.05) is 18.0 Å². The number of sulfone groups is 1. The van der Waals surface area contributed by atoms with Gasteiger partial charge in [-0.15, -0.1) is 0 Å². The Morgan fingerprint density at radius 2 is 1.62 bits per heavy atom. The molecule has 0 N–H and O–H groups in total. The third kappa shape index (κ3) is 3.84. The van der Waals surface area contributed by atoms with Gasteiger partial charge in [0, 0.05) is 18.8 Å². The lowest BCUT2D eigenvalue weighted by molar-refractivity contribution is 0.603. The third-order valence-corrected chi connectivity index (χ3v) is 5.45. The molecular formula is C19H20N2O2S. The molecule has 0 saturated carbocycles. The van der Waals surface area contributed by atoms with Gasteiger partial charge in [0.2, 0.25) is 9.84 Å². The summed E-state index contributed by atoms with van der Waals surface area (Å²) in [7, 11) is -3.80. The lowest BCUT2D eigenvalue weighted by Gasteiger charge is -2.20. The van der Waals surface area contributed by atoms with Crippen molar-refractivity contribution in [1.82, 2.24) is 0 Å². The minimum atomic E-state index is -3.80. The fourth-order valence-electron chi connectivity index (χ4n) is 2.42. The van der Waals surface area contributed by atoms with Gasteiger partial charge in [-0.3, -0.25) is 0 Å². The van der Waals surface area contributed by atoms with Gasteiger partial charge in [-0.25, -0.2) is 8.42 Å². The number of nitrogens with zero attached hydrogens (tertiary/aromatic N) is 2. The molecule has 5 heteroatoms. The van der Waals surface area contributed by atoms with E-state index >= 15 is 0 Å². The Morgan fingerprint density at radius 3 is 2.12 bits per heavy atom. The summed E-state index contributed by atoms with van der Waals surface area (Å²) in [4.78, 5) is 2.06. The largest absolute Gasteiger partial charge is 0.372 e. The first-order valence-electron chi connectivity index (χ1n) is 7.79. The van der Waals surface area contributed by atoms with E-state index in [1.54, 1.807) is 18.2 Å². The van der Waals surface area contributed by atoms with Gasteiger partial charge in [-0.05, 0) is 49.8 Å². The highest BCUT2D eigenvalue weighted by Gasteiger charge is 2.20. The van der Waals surface area contributed by atoms with Gasteiger partial charge < -0.3 is 4.90 Å². The molecule has 0 aliphatic heterocycles. The summed E-state index contributed by atoms with van der Waals surface area (Å²) in [6.07, 6.45) is 1.41. The zero-order valence-electron chi connectivity index (χ0n) is 13.8. The molecule has 0 aromatic heterocycles. The second-order valence-corrected chi connectivity index (χ2v) is 7.12. The van der Waals surface area contributed by atoms with Crippen LogP contribution in [0.4, 0.5) is 5.69 Å². The molecule has 0 unspecified atom stereocenters. The van der Waals surface area contributed by atoms with Crippen molar-refractivity contribution < 1.29 is 8.42 Å². The zero-order chi connectivity index (χ0) is 17.6. The number of nitriles is 1. The van der Waals surface area contributed by atoms with Crippen LogP contribution < -0.4 is 4.90 Å². The predicted octanol–water partition coefficient (Wildman–Crippen LogP) is 3.87. The average molecular weight is 340 g/mol. The molecule has 0 amide bonds. The van der Waals surface area contributed by atoms with Gasteiger partial charge in [0.1, 0.15) is 11.0 Å². The first kappa shape index (κ1) is 17.8. The predicted molar refractivity (Wildman–Crippen MR) is 97.2 cm³/mol. The molecule has 4 nitrogen and oxygen atoms in total. The maximum atomic E-state index is 12.5. The molecule has 24 heavy (non-hydrogen) atoms. The SMILES string of the molecule is CCN(CC)c1ccc(/C=C(\C#N)S(=O)(=O)c2ccccc2)cc1. The standard InChI is InChI=1S/C19H20N2O2S/c1-3-21(4-2)17-12-10-16(11-13-17)14-19(15-20)24(22,23)18-8-6-5-7-9-18/h5-14H,3-4H2,1-2H3/b19-14+. The van der Waals surface area contributed by atoms with E-state index in [0.717, 1.165) is 18.8 Å². The van der Waals surface area contributed by atoms with E-state index in [0.29, 0.717) is 5.56 Å². The van der Waals surface area contributed by atoms with Crippen LogP contribution >= 0.6 is 0 Å². The summed E-state index contributed by atoms with van der Waals surface area (Å²) >= 11 is 0. The van der Waals surface area contributed by atoms with Crippen molar-refractivity contribution in [3.05, 3.63) is 65.1 Å². The van der Waals surface area contributed by atoms with Crippen LogP contribution in [-0.2, 0) is 9.84 Å². The molecular weight excluding hydrogens is 320 g/mol. The van der Waals surface area contributed by atoms with Crippen LogP contribution in [0.5, 0.6) is 0 Å². The number of hydrogen-bond donors (Lipinski definition) is 0. The van der Waals surface area contributed by atoms with Crippen molar-refractivity contribution in [2.45, 2.75) is 18.7 Å². The molecule has 2 rings (SSSR count). The van der Waals surface area contributed by atoms with Crippen molar-refractivity contribution in [3.8, 4) is 6.07 Å². The lowest BCUT2D eigenvalue weighted by atomic mass is 10.2. The second kappa shape index (κ2) is 7.80. The van der Waals surface area contributed by atoms with Crippen LogP contribution in [0.15, 0.2) is 64.4 Å². The van der Waals surface area contributed by atoms with E-state index in [-0.39, 0.29) is 9.80 Å². The van der Waals surface area contributed by atoms with Crippen LogP contribution in [-0.4, -0.2) is 21.5 Å². The van der Waals surface area contributed by atoms with Crippen molar-refractivity contribution in [3.63, 3.8) is 0 Å². The summed E-state index contributed by atoms with van der Waals surface area (Å²) in [6, 6.07) is 17.3. The second-order valence-electron chi connectivity index (χ2n) is 5.20. The monoisotopic (exact) mass is 340 g/mol. The minimum Gasteiger partial charge on any atom is -0.372 e. The summed E-state index contributed by atoms with van der Waals surface area (Å²) in [5.74, 6) is 0. The summed E-state index contributed by atoms with van der Waals surface area (Å²) in [5.41, 5.74) is 1.75. The maximum Gasteiger partial charge on any atom is 0.216 e. The molecule has 0 bridgehead atoms. The van der Waals surface area contributed by atoms with Gasteiger partial charge in [-0.2, -0.15) is 5.26 Å². The Kier molecular flexibility index (Phi) is 5.78. The summed E-state index contributed by atoms with van der Waals surface area (Å²) in [5, 5.41) is 9.30. The highest BCUT2D eigenvalue weighted by molar-refractivity contribution is 7.95. The molecule has 0 heterocycles. The first-order chi connectivity index (χ1) is 11.5. The molecule has 2 aromatic rings. The van der Waals surface area contributed by atoms with Gasteiger partial charge in [-0.1, -0.05) is 30.3 Å². The molecule has 0 fully saturated rings. The molecule has 0 aliphatic rings. The van der Waals surface area contributed by atoms with Gasteiger partial charge in [0.25, 0.3) is 0 Å². The van der Waals surface area contributed by atoms with E-state index in [4.69, 9.17) is 0 Å². The van der Waals surface area contributed by atoms with Crippen molar-refractivity contribution >= 4 is 21.6 Å². The van der Waals surface area contributed by atoms with E-state index in [9.17, 15) is 13.7 Å². The number of benzene rings is 2. The first-order valence-corrected chi connectivity index (χ1v) is 9.28. The topological polar surface area (TPSA) is 61.2 Å². The Morgan fingerprint density at radius 1 is 1.04 bits per heavy atom. The van der Waals surface area contributed by atoms with E-state index < -0.39 is 9.84 Å². The van der Waals surface area contributed by atoms with Crippen LogP contribution in [0.1, 0.15) is 19.4 Å². The van der Waals surface area contributed by atoms with E-state index in [1.165, 1.54) is 18.2 Å². The molecule has 124 valence electrons. The van der Waals surface area contributed by atoms with Crippen LogP contribution in [0.25, 0.3) is 6.08 Å². The fraction of sp³-hybridized carbons (Fsp3) is 0.211. The molecule has 0 atom stereocenters. The maximum absolute atomic E-state index is 12.5. The minimum absolute atomic E-state index is 0.123. The zero-order valence-corrected chi connectivity index (χ0v) is 14.6. The highest BCUT2D eigenvalue weighted by Crippen LogP contribution is 2.22. The van der Waals surface area contributed by atoms with E-state index in [2.05, 4.69) is 18.7 Å². The lowest BCUT2D eigenvalue weighted by Crippen LogP contribution is -2.21. The Hall–Kier alpha value is -2.58. The third-order valence-electron chi connectivity index (χ3n) is 3.77. The number of rotatable bonds is 6. The Balaban J connectivity index is 2.36. The normalized spacial score (nSPS) is 11.8. The van der Waals surface area contributed by atoms with Crippen molar-refractivity contribution in [2.24, 2.45) is 0 Å². The molecule has 0 aliphatic carbocycles. The summed E-state index contributed by atoms with van der Waals surface area (Å²) in [6.45, 7) is 5.96. The molecule has 2 aromatic carbocycles. The van der Waals surface area contributed by atoms with Gasteiger partial charge >= 0.3 is 0 Å². The number of anilines is 1. The smallest absolute Gasteiger partial charge is 0.216 e. The Labute approximate surface area is 143 Å². The van der Waals surface area contributed by atoms with Crippen LogP contribution in [0.2, 0.25) is 0 Å².